The predicted octanol–water partition coefficient (Wildman–Crippen LogP) is 3.13. The van der Waals surface area contributed by atoms with Gasteiger partial charge in [0.1, 0.15) is 0 Å². The van der Waals surface area contributed by atoms with Crippen LogP contribution in [0.1, 0.15) is 54.4 Å². The highest BCUT2D eigenvalue weighted by Gasteiger charge is 2.27. The largest absolute Gasteiger partial charge is 0.312 e. The van der Waals surface area contributed by atoms with Crippen LogP contribution >= 0.6 is 0 Å². The van der Waals surface area contributed by atoms with E-state index >= 15 is 0 Å². The summed E-state index contributed by atoms with van der Waals surface area (Å²) in [5, 5.41) is 3.63. The van der Waals surface area contributed by atoms with Crippen molar-refractivity contribution in [1.82, 2.24) is 10.2 Å². The van der Waals surface area contributed by atoms with Crippen molar-refractivity contribution in [2.24, 2.45) is 11.3 Å². The lowest BCUT2D eigenvalue weighted by Crippen LogP contribution is -2.40. The van der Waals surface area contributed by atoms with Crippen LogP contribution in [0.3, 0.4) is 0 Å². The van der Waals surface area contributed by atoms with Crippen molar-refractivity contribution in [3.05, 3.63) is 0 Å². The molecule has 0 amide bonds. The first-order chi connectivity index (χ1) is 7.72. The van der Waals surface area contributed by atoms with E-state index in [2.05, 4.69) is 51.8 Å². The topological polar surface area (TPSA) is 15.3 Å². The second kappa shape index (κ2) is 5.71. The molecule has 0 saturated carbocycles. The molecule has 0 aromatic heterocycles. The van der Waals surface area contributed by atoms with E-state index in [1.807, 2.05) is 0 Å². The lowest BCUT2D eigenvalue weighted by molar-refractivity contribution is 0.197. The van der Waals surface area contributed by atoms with E-state index in [9.17, 15) is 0 Å². The minimum atomic E-state index is 0.260. The molecular formula is C15H32N2. The zero-order valence-electron chi connectivity index (χ0n) is 12.8. The van der Waals surface area contributed by atoms with Gasteiger partial charge in [0.15, 0.2) is 0 Å². The van der Waals surface area contributed by atoms with Crippen LogP contribution in [0, 0.1) is 11.3 Å². The average Bonchev–Trinajstić information content (AvgIpc) is 2.61. The molecule has 1 aliphatic rings. The van der Waals surface area contributed by atoms with E-state index in [0.717, 1.165) is 5.92 Å². The third-order valence-electron chi connectivity index (χ3n) is 3.90. The van der Waals surface area contributed by atoms with Crippen molar-refractivity contribution < 1.29 is 0 Å². The molecule has 0 aromatic rings. The molecule has 1 heterocycles. The molecule has 1 atom stereocenters. The fraction of sp³-hybridized carbons (Fsp3) is 1.00. The summed E-state index contributed by atoms with van der Waals surface area (Å²) < 4.78 is 0. The van der Waals surface area contributed by atoms with E-state index in [-0.39, 0.29) is 5.54 Å². The quantitative estimate of drug-likeness (QED) is 0.794. The van der Waals surface area contributed by atoms with Crippen LogP contribution in [0.15, 0.2) is 0 Å². The van der Waals surface area contributed by atoms with Gasteiger partial charge in [-0.15, -0.1) is 0 Å². The molecule has 1 unspecified atom stereocenters. The monoisotopic (exact) mass is 240 g/mol. The van der Waals surface area contributed by atoms with Crippen LogP contribution in [0.25, 0.3) is 0 Å². The fourth-order valence-corrected chi connectivity index (χ4v) is 2.39. The van der Waals surface area contributed by atoms with E-state index in [1.165, 1.54) is 39.0 Å². The SMILES string of the molecule is CCC(C)(C)CN1CCC(CNC(C)(C)C)C1. The van der Waals surface area contributed by atoms with Crippen LogP contribution in [-0.2, 0) is 0 Å². The molecule has 0 aliphatic carbocycles. The number of hydrogen-bond donors (Lipinski definition) is 1. The van der Waals surface area contributed by atoms with Gasteiger partial charge in [0.2, 0.25) is 0 Å². The van der Waals surface area contributed by atoms with Crippen molar-refractivity contribution >= 4 is 0 Å². The first kappa shape index (κ1) is 15.0. The van der Waals surface area contributed by atoms with Crippen LogP contribution in [-0.4, -0.2) is 36.6 Å². The van der Waals surface area contributed by atoms with Crippen LogP contribution < -0.4 is 5.32 Å². The molecule has 102 valence electrons. The fourth-order valence-electron chi connectivity index (χ4n) is 2.39. The van der Waals surface area contributed by atoms with E-state index in [1.54, 1.807) is 0 Å². The van der Waals surface area contributed by atoms with Crippen molar-refractivity contribution in [3.63, 3.8) is 0 Å². The first-order valence-corrected chi connectivity index (χ1v) is 7.19. The summed E-state index contributed by atoms with van der Waals surface area (Å²) in [6.45, 7) is 18.8. The maximum absolute atomic E-state index is 3.63. The van der Waals surface area contributed by atoms with Gasteiger partial charge in [-0.25, -0.2) is 0 Å². The van der Waals surface area contributed by atoms with Crippen LogP contribution in [0.5, 0.6) is 0 Å². The van der Waals surface area contributed by atoms with E-state index in [0.29, 0.717) is 5.41 Å². The minimum absolute atomic E-state index is 0.260. The molecule has 1 aliphatic heterocycles. The molecule has 0 radical (unpaired) electrons. The van der Waals surface area contributed by atoms with Crippen molar-refractivity contribution in [3.8, 4) is 0 Å². The first-order valence-electron chi connectivity index (χ1n) is 7.19. The Kier molecular flexibility index (Phi) is 5.03. The summed E-state index contributed by atoms with van der Waals surface area (Å²) in [6, 6.07) is 0. The van der Waals surface area contributed by atoms with Gasteiger partial charge in [0.25, 0.3) is 0 Å². The van der Waals surface area contributed by atoms with E-state index < -0.39 is 0 Å². The van der Waals surface area contributed by atoms with Crippen LogP contribution in [0.4, 0.5) is 0 Å². The number of hydrogen-bond acceptors (Lipinski definition) is 2. The maximum atomic E-state index is 3.63. The second-order valence-corrected chi connectivity index (χ2v) is 7.54. The van der Waals surface area contributed by atoms with Gasteiger partial charge in [0, 0.05) is 18.6 Å². The molecule has 1 fully saturated rings. The highest BCUT2D eigenvalue weighted by molar-refractivity contribution is 4.83. The summed E-state index contributed by atoms with van der Waals surface area (Å²) in [7, 11) is 0. The normalized spacial score (nSPS) is 23.3. The summed E-state index contributed by atoms with van der Waals surface area (Å²) >= 11 is 0. The number of likely N-dealkylation sites (tertiary alicyclic amines) is 1. The van der Waals surface area contributed by atoms with Gasteiger partial charge >= 0.3 is 0 Å². The Morgan fingerprint density at radius 3 is 2.35 bits per heavy atom. The predicted molar refractivity (Wildman–Crippen MR) is 76.4 cm³/mol. The van der Waals surface area contributed by atoms with Crippen LogP contribution in [0.2, 0.25) is 0 Å². The summed E-state index contributed by atoms with van der Waals surface area (Å²) in [6.07, 6.45) is 2.64. The lowest BCUT2D eigenvalue weighted by Gasteiger charge is -2.29. The van der Waals surface area contributed by atoms with Gasteiger partial charge in [-0.1, -0.05) is 20.8 Å². The number of rotatable bonds is 5. The molecular weight excluding hydrogens is 208 g/mol. The minimum Gasteiger partial charge on any atom is -0.312 e. The van der Waals surface area contributed by atoms with Crippen molar-refractivity contribution in [2.45, 2.75) is 59.9 Å². The Morgan fingerprint density at radius 1 is 1.18 bits per heavy atom. The molecule has 1 rings (SSSR count). The third-order valence-corrected chi connectivity index (χ3v) is 3.90. The Labute approximate surface area is 108 Å². The van der Waals surface area contributed by atoms with Gasteiger partial charge in [-0.2, -0.15) is 0 Å². The standard InChI is InChI=1S/C15H32N2/c1-7-15(5,6)12-17-9-8-13(11-17)10-16-14(2,3)4/h13,16H,7-12H2,1-6H3. The Hall–Kier alpha value is -0.0800. The molecule has 0 spiro atoms. The molecule has 0 bridgehead atoms. The van der Waals surface area contributed by atoms with Gasteiger partial charge in [0.05, 0.1) is 0 Å². The molecule has 17 heavy (non-hydrogen) atoms. The maximum Gasteiger partial charge on any atom is 0.00966 e. The molecule has 0 aromatic carbocycles. The number of nitrogens with one attached hydrogen (secondary N) is 1. The van der Waals surface area contributed by atoms with Gasteiger partial charge < -0.3 is 10.2 Å². The Bertz CT molecular complexity index is 228. The van der Waals surface area contributed by atoms with Gasteiger partial charge in [-0.3, -0.25) is 0 Å². The highest BCUT2D eigenvalue weighted by Crippen LogP contribution is 2.25. The Balaban J connectivity index is 2.28. The summed E-state index contributed by atoms with van der Waals surface area (Å²) in [4.78, 5) is 2.65. The third kappa shape index (κ3) is 5.87. The van der Waals surface area contributed by atoms with E-state index in [4.69, 9.17) is 0 Å². The lowest BCUT2D eigenvalue weighted by atomic mass is 9.90. The molecule has 2 nitrogen and oxygen atoms in total. The van der Waals surface area contributed by atoms with Gasteiger partial charge in [-0.05, 0) is 58.0 Å². The molecule has 1 saturated heterocycles. The molecule has 2 heteroatoms. The van der Waals surface area contributed by atoms with Crippen molar-refractivity contribution in [2.75, 3.05) is 26.2 Å². The Morgan fingerprint density at radius 2 is 1.82 bits per heavy atom. The summed E-state index contributed by atoms with van der Waals surface area (Å²) in [5.41, 5.74) is 0.739. The number of nitrogens with zero attached hydrogens (tertiary/aromatic N) is 1. The smallest absolute Gasteiger partial charge is 0.00966 e. The zero-order valence-corrected chi connectivity index (χ0v) is 12.8. The second-order valence-electron chi connectivity index (χ2n) is 7.54. The average molecular weight is 240 g/mol. The molecule has 1 N–H and O–H groups in total. The van der Waals surface area contributed by atoms with Crippen molar-refractivity contribution in [1.29, 1.82) is 0 Å². The highest BCUT2D eigenvalue weighted by atomic mass is 15.2. The zero-order chi connectivity index (χ0) is 13.1. The summed E-state index contributed by atoms with van der Waals surface area (Å²) in [5.74, 6) is 0.849.